The lowest BCUT2D eigenvalue weighted by molar-refractivity contribution is -0.137. The van der Waals surface area contributed by atoms with E-state index in [9.17, 15) is 18.8 Å². The molecule has 0 amide bonds. The highest BCUT2D eigenvalue weighted by Gasteiger charge is 2.31. The van der Waals surface area contributed by atoms with Gasteiger partial charge in [0.1, 0.15) is 6.67 Å². The van der Waals surface area contributed by atoms with Crippen molar-refractivity contribution in [1.82, 2.24) is 0 Å². The van der Waals surface area contributed by atoms with Crippen molar-refractivity contribution in [3.8, 4) is 0 Å². The Kier molecular flexibility index (Phi) is 5.20. The fourth-order valence-corrected chi connectivity index (χ4v) is 2.64. The van der Waals surface area contributed by atoms with Crippen LogP contribution in [0, 0.1) is 0 Å². The standard InChI is InChI=1S/C17H17FO4/c18-10-14-13(6-2-1-3-9-15(19)20)16(21)11-7-4-5-8-12(11)17(14)22/h4-5,7-8H,1-3,6,9-10H2,(H,19,20). The Bertz CT molecular complexity index is 646. The molecule has 4 nitrogen and oxygen atoms in total. The summed E-state index contributed by atoms with van der Waals surface area (Å²) in [5, 5.41) is 8.57. The van der Waals surface area contributed by atoms with Crippen molar-refractivity contribution < 1.29 is 23.9 Å². The Balaban J connectivity index is 2.13. The van der Waals surface area contributed by atoms with Gasteiger partial charge in [0.15, 0.2) is 11.6 Å². The fourth-order valence-electron chi connectivity index (χ4n) is 2.64. The molecule has 0 saturated carbocycles. The first kappa shape index (κ1) is 16.1. The van der Waals surface area contributed by atoms with Crippen LogP contribution in [0.2, 0.25) is 0 Å². The number of halogens is 1. The third-order valence-electron chi connectivity index (χ3n) is 3.78. The molecule has 0 atom stereocenters. The normalized spacial score (nSPS) is 14.2. The molecule has 0 spiro atoms. The molecule has 1 aromatic carbocycles. The van der Waals surface area contributed by atoms with Crippen molar-refractivity contribution in [2.75, 3.05) is 6.67 Å². The van der Waals surface area contributed by atoms with Gasteiger partial charge in [-0.15, -0.1) is 0 Å². The van der Waals surface area contributed by atoms with Gasteiger partial charge in [-0.3, -0.25) is 14.4 Å². The Morgan fingerprint density at radius 2 is 1.55 bits per heavy atom. The van der Waals surface area contributed by atoms with E-state index in [0.717, 1.165) is 0 Å². The number of fused-ring (bicyclic) bond motifs is 1. The average molecular weight is 304 g/mol. The highest BCUT2D eigenvalue weighted by molar-refractivity contribution is 6.27. The molecule has 5 heteroatoms. The zero-order chi connectivity index (χ0) is 16.1. The number of benzene rings is 1. The minimum absolute atomic E-state index is 0.0538. The maximum absolute atomic E-state index is 13.2. The average Bonchev–Trinajstić information content (AvgIpc) is 2.51. The van der Waals surface area contributed by atoms with Gasteiger partial charge in [0, 0.05) is 28.7 Å². The van der Waals surface area contributed by atoms with Crippen molar-refractivity contribution in [1.29, 1.82) is 0 Å². The maximum Gasteiger partial charge on any atom is 0.303 e. The predicted octanol–water partition coefficient (Wildman–Crippen LogP) is 3.37. The molecular weight excluding hydrogens is 287 g/mol. The molecule has 22 heavy (non-hydrogen) atoms. The van der Waals surface area contributed by atoms with Crippen molar-refractivity contribution in [3.05, 3.63) is 46.5 Å². The van der Waals surface area contributed by atoms with Gasteiger partial charge in [0.05, 0.1) is 0 Å². The number of carboxylic acids is 1. The topological polar surface area (TPSA) is 71.4 Å². The summed E-state index contributed by atoms with van der Waals surface area (Å²) in [5.74, 6) is -1.57. The second kappa shape index (κ2) is 7.11. The zero-order valence-electron chi connectivity index (χ0n) is 12.1. The summed E-state index contributed by atoms with van der Waals surface area (Å²) in [6.45, 7) is -0.955. The van der Waals surface area contributed by atoms with E-state index in [2.05, 4.69) is 0 Å². The summed E-state index contributed by atoms with van der Waals surface area (Å²) in [5.41, 5.74) is 0.767. The van der Waals surface area contributed by atoms with Crippen molar-refractivity contribution in [2.45, 2.75) is 32.1 Å². The molecule has 0 unspecified atom stereocenters. The number of hydrogen-bond donors (Lipinski definition) is 1. The highest BCUT2D eigenvalue weighted by atomic mass is 19.1. The molecule has 0 saturated heterocycles. The second-order valence-corrected chi connectivity index (χ2v) is 5.25. The van der Waals surface area contributed by atoms with Crippen molar-refractivity contribution >= 4 is 17.5 Å². The van der Waals surface area contributed by atoms with E-state index in [1.807, 2.05) is 0 Å². The SMILES string of the molecule is O=C(O)CCCCCC1=C(CF)C(=O)c2ccccc2C1=O. The molecule has 1 aromatic rings. The van der Waals surface area contributed by atoms with E-state index >= 15 is 0 Å². The van der Waals surface area contributed by atoms with E-state index in [1.54, 1.807) is 18.2 Å². The first-order chi connectivity index (χ1) is 10.6. The van der Waals surface area contributed by atoms with Crippen molar-refractivity contribution in [2.24, 2.45) is 0 Å². The monoisotopic (exact) mass is 304 g/mol. The van der Waals surface area contributed by atoms with Crippen LogP contribution >= 0.6 is 0 Å². The number of ketones is 2. The lowest BCUT2D eigenvalue weighted by atomic mass is 9.82. The number of Topliss-reactive ketones (excluding diaryl/α,β-unsaturated/α-hetero) is 2. The van der Waals surface area contributed by atoms with Crippen LogP contribution in [0.15, 0.2) is 35.4 Å². The molecule has 116 valence electrons. The lowest BCUT2D eigenvalue weighted by Crippen LogP contribution is -2.23. The highest BCUT2D eigenvalue weighted by Crippen LogP contribution is 2.29. The summed E-state index contributed by atoms with van der Waals surface area (Å²) in [6.07, 6.45) is 2.07. The summed E-state index contributed by atoms with van der Waals surface area (Å²) >= 11 is 0. The zero-order valence-corrected chi connectivity index (χ0v) is 12.1. The van der Waals surface area contributed by atoms with Gasteiger partial charge >= 0.3 is 5.97 Å². The summed E-state index contributed by atoms with van der Waals surface area (Å²) in [6, 6.07) is 6.44. The number of aliphatic carboxylic acids is 1. The third kappa shape index (κ3) is 3.30. The second-order valence-electron chi connectivity index (χ2n) is 5.25. The summed E-state index contributed by atoms with van der Waals surface area (Å²) in [4.78, 5) is 35.1. The number of hydrogen-bond acceptors (Lipinski definition) is 3. The van der Waals surface area contributed by atoms with Gasteiger partial charge in [-0.2, -0.15) is 0 Å². The van der Waals surface area contributed by atoms with E-state index in [0.29, 0.717) is 31.2 Å². The number of alkyl halides is 1. The van der Waals surface area contributed by atoms with Crippen LogP contribution < -0.4 is 0 Å². The van der Waals surface area contributed by atoms with E-state index in [1.165, 1.54) is 6.07 Å². The molecule has 2 rings (SSSR count). The number of rotatable bonds is 7. The van der Waals surface area contributed by atoms with E-state index in [4.69, 9.17) is 5.11 Å². The first-order valence-corrected chi connectivity index (χ1v) is 7.24. The number of allylic oxidation sites excluding steroid dienone is 2. The van der Waals surface area contributed by atoms with Crippen molar-refractivity contribution in [3.63, 3.8) is 0 Å². The molecule has 1 N–H and O–H groups in total. The molecule has 0 heterocycles. The molecule has 0 bridgehead atoms. The minimum Gasteiger partial charge on any atom is -0.481 e. The minimum atomic E-state index is -0.955. The van der Waals surface area contributed by atoms with Crippen LogP contribution in [0.5, 0.6) is 0 Å². The van der Waals surface area contributed by atoms with Gasteiger partial charge in [0.25, 0.3) is 0 Å². The Morgan fingerprint density at radius 3 is 2.09 bits per heavy atom. The number of carbonyl (C=O) groups is 3. The number of unbranched alkanes of at least 4 members (excludes halogenated alkanes) is 2. The van der Waals surface area contributed by atoms with Gasteiger partial charge in [-0.1, -0.05) is 30.7 Å². The molecule has 0 fully saturated rings. The van der Waals surface area contributed by atoms with Gasteiger partial charge < -0.3 is 5.11 Å². The quantitative estimate of drug-likeness (QED) is 0.784. The molecule has 1 aliphatic carbocycles. The van der Waals surface area contributed by atoms with Gasteiger partial charge in [-0.05, 0) is 19.3 Å². The van der Waals surface area contributed by atoms with Gasteiger partial charge in [-0.25, -0.2) is 4.39 Å². The number of carbonyl (C=O) groups excluding carboxylic acids is 2. The van der Waals surface area contributed by atoms with Gasteiger partial charge in [0.2, 0.25) is 0 Å². The molecule has 0 aliphatic heterocycles. The van der Waals surface area contributed by atoms with E-state index in [-0.39, 0.29) is 28.9 Å². The Morgan fingerprint density at radius 1 is 0.955 bits per heavy atom. The largest absolute Gasteiger partial charge is 0.481 e. The van der Waals surface area contributed by atoms with Crippen LogP contribution in [0.4, 0.5) is 4.39 Å². The van der Waals surface area contributed by atoms with Crippen LogP contribution in [0.3, 0.4) is 0 Å². The molecule has 0 aromatic heterocycles. The van der Waals surface area contributed by atoms with Crippen LogP contribution in [0.1, 0.15) is 52.8 Å². The molecular formula is C17H17FO4. The van der Waals surface area contributed by atoms with Crippen LogP contribution in [-0.4, -0.2) is 29.3 Å². The summed E-state index contributed by atoms with van der Waals surface area (Å²) < 4.78 is 13.2. The van der Waals surface area contributed by atoms with Crippen LogP contribution in [0.25, 0.3) is 0 Å². The summed E-state index contributed by atoms with van der Waals surface area (Å²) in [7, 11) is 0. The molecule has 1 aliphatic rings. The van der Waals surface area contributed by atoms with Crippen LogP contribution in [-0.2, 0) is 4.79 Å². The molecule has 0 radical (unpaired) electrons. The first-order valence-electron chi connectivity index (χ1n) is 7.24. The number of carboxylic acid groups (broad SMARTS) is 1. The third-order valence-corrected chi connectivity index (χ3v) is 3.78. The maximum atomic E-state index is 13.2. The van der Waals surface area contributed by atoms with E-state index < -0.39 is 18.4 Å². The Hall–Kier alpha value is -2.30. The Labute approximate surface area is 127 Å². The lowest BCUT2D eigenvalue weighted by Gasteiger charge is -2.19. The smallest absolute Gasteiger partial charge is 0.303 e. The fraction of sp³-hybridized carbons (Fsp3) is 0.353. The predicted molar refractivity (Wildman–Crippen MR) is 78.8 cm³/mol.